The number of rotatable bonds is 7. The molecule has 0 aliphatic carbocycles. The summed E-state index contributed by atoms with van der Waals surface area (Å²) in [6, 6.07) is -0.936. The maximum Gasteiger partial charge on any atom is 0.352 e. The van der Waals surface area contributed by atoms with Crippen molar-refractivity contribution in [1.82, 2.24) is 15.2 Å². The highest BCUT2D eigenvalue weighted by atomic mass is 32.2. The fraction of sp³-hybridized carbons (Fsp3) is 0.286. The third kappa shape index (κ3) is 3.78. The number of hydrogen-bond donors (Lipinski definition) is 3. The second kappa shape index (κ2) is 7.75. The van der Waals surface area contributed by atoms with Crippen molar-refractivity contribution in [3.05, 3.63) is 28.4 Å². The highest BCUT2D eigenvalue weighted by Crippen LogP contribution is 2.37. The van der Waals surface area contributed by atoms with Crippen LogP contribution in [0.2, 0.25) is 0 Å². The molecule has 0 bridgehead atoms. The lowest BCUT2D eigenvalue weighted by Gasteiger charge is -2.48. The second-order valence-electron chi connectivity index (χ2n) is 5.26. The van der Waals surface area contributed by atoms with Crippen LogP contribution in [0.1, 0.15) is 5.69 Å². The van der Waals surface area contributed by atoms with Crippen LogP contribution in [0.3, 0.4) is 0 Å². The lowest BCUT2D eigenvalue weighted by Crippen LogP contribution is -2.70. The Bertz CT molecular complexity index is 852. The maximum absolute atomic E-state index is 12.5. The molecule has 1 saturated heterocycles. The molecule has 2 aliphatic rings. The number of aromatic nitrogens is 1. The van der Waals surface area contributed by atoms with Crippen molar-refractivity contribution in [3.8, 4) is 0 Å². The molecular weight excluding hydrogens is 400 g/mol. The minimum Gasteiger partial charge on any atom is -0.479 e. The van der Waals surface area contributed by atoms with Gasteiger partial charge in [-0.25, -0.2) is 14.6 Å². The molecule has 1 aromatic rings. The number of hydrogen-bond acceptors (Lipinski definition) is 9. The summed E-state index contributed by atoms with van der Waals surface area (Å²) < 4.78 is 0. The van der Waals surface area contributed by atoms with Gasteiger partial charge in [-0.3, -0.25) is 14.5 Å². The molecule has 0 saturated carbocycles. The zero-order chi connectivity index (χ0) is 19.6. The average molecular weight is 412 g/mol. The van der Waals surface area contributed by atoms with Gasteiger partial charge in [0, 0.05) is 11.1 Å². The number of nitrogens with zero attached hydrogens (tertiary/aromatic N) is 3. The highest BCUT2D eigenvalue weighted by molar-refractivity contribution is 8.00. The van der Waals surface area contributed by atoms with Crippen LogP contribution in [-0.2, 0) is 24.0 Å². The number of carboxylic acid groups (broad SMARTS) is 2. The van der Waals surface area contributed by atoms with Crippen LogP contribution in [-0.4, -0.2) is 73.3 Å². The average Bonchev–Trinajstić information content (AvgIpc) is 3.16. The van der Waals surface area contributed by atoms with Crippen LogP contribution < -0.4 is 5.32 Å². The van der Waals surface area contributed by atoms with Crippen LogP contribution in [0.25, 0.3) is 0 Å². The molecule has 2 aliphatic heterocycles. The molecule has 11 nitrogen and oxygen atoms in total. The predicted octanol–water partition coefficient (Wildman–Crippen LogP) is -0.683. The minimum atomic E-state index is -1.27. The van der Waals surface area contributed by atoms with Crippen molar-refractivity contribution in [1.29, 1.82) is 0 Å². The van der Waals surface area contributed by atoms with Crippen LogP contribution in [0.4, 0.5) is 0 Å². The molecular formula is C14H12N4O7S2. The lowest BCUT2D eigenvalue weighted by molar-refractivity contribution is -0.150. The van der Waals surface area contributed by atoms with Gasteiger partial charge in [-0.15, -0.1) is 23.1 Å². The summed E-state index contributed by atoms with van der Waals surface area (Å²) in [5.41, 5.74) is 1.21. The fourth-order valence-electron chi connectivity index (χ4n) is 2.43. The van der Waals surface area contributed by atoms with Gasteiger partial charge >= 0.3 is 11.9 Å². The molecule has 2 atom stereocenters. The molecule has 3 N–H and O–H groups in total. The molecule has 1 aromatic heterocycles. The van der Waals surface area contributed by atoms with E-state index >= 15 is 0 Å². The van der Waals surface area contributed by atoms with E-state index in [1.54, 1.807) is 0 Å². The number of fused-ring (bicyclic) bond motifs is 1. The van der Waals surface area contributed by atoms with E-state index in [0.29, 0.717) is 5.75 Å². The minimum absolute atomic E-state index is 0.118. The SMILES string of the molecule is O=C(O)CO/N=C(/C(=O)N[C@@H]1C(=O)N2C(C(=O)O)=CCS[C@H]12)c1cscn1. The number of thiazole rings is 1. The van der Waals surface area contributed by atoms with Crippen LogP contribution in [0, 0.1) is 0 Å². The van der Waals surface area contributed by atoms with Crippen LogP contribution in [0.15, 0.2) is 27.8 Å². The van der Waals surface area contributed by atoms with Gasteiger partial charge in [0.1, 0.15) is 22.8 Å². The van der Waals surface area contributed by atoms with Crippen LogP contribution in [0.5, 0.6) is 0 Å². The number of amides is 2. The lowest BCUT2D eigenvalue weighted by atomic mass is 10.0. The Morgan fingerprint density at radius 2 is 2.19 bits per heavy atom. The van der Waals surface area contributed by atoms with E-state index in [-0.39, 0.29) is 17.1 Å². The van der Waals surface area contributed by atoms with Crippen molar-refractivity contribution >= 4 is 52.6 Å². The van der Waals surface area contributed by atoms with E-state index in [1.807, 2.05) is 0 Å². The fourth-order valence-corrected chi connectivity index (χ4v) is 4.17. The Hall–Kier alpha value is -2.93. The number of aliphatic carboxylic acids is 2. The molecule has 0 unspecified atom stereocenters. The molecule has 13 heteroatoms. The van der Waals surface area contributed by atoms with Gasteiger partial charge in [0.05, 0.1) is 5.51 Å². The summed E-state index contributed by atoms with van der Waals surface area (Å²) >= 11 is 2.50. The standard InChI is InChI=1S/C14H12N4O7S2/c19-8(20)3-25-17-9(6-4-26-5-15-6)11(21)16-10-12(22)18-7(14(23)24)1-2-27-13(10)18/h1,4-5,10,13H,2-3H2,(H,16,21)(H,19,20)(H,23,24)/b17-9+/t10-,13-/m1/s1. The highest BCUT2D eigenvalue weighted by Gasteiger charge is 2.53. The first-order chi connectivity index (χ1) is 12.9. The van der Waals surface area contributed by atoms with E-state index in [4.69, 9.17) is 10.2 Å². The summed E-state index contributed by atoms with van der Waals surface area (Å²) in [5, 5.41) is 24.7. The van der Waals surface area contributed by atoms with Crippen molar-refractivity contribution < 1.29 is 34.2 Å². The molecule has 27 heavy (non-hydrogen) atoms. The molecule has 0 radical (unpaired) electrons. The number of carbonyl (C=O) groups excluding carboxylic acids is 2. The summed E-state index contributed by atoms with van der Waals surface area (Å²) in [6.45, 7) is -0.748. The Kier molecular flexibility index (Phi) is 5.41. The Labute approximate surface area is 159 Å². The van der Waals surface area contributed by atoms with Crippen LogP contribution >= 0.6 is 23.1 Å². The van der Waals surface area contributed by atoms with Crippen molar-refractivity contribution in [3.63, 3.8) is 0 Å². The molecule has 0 spiro atoms. The zero-order valence-corrected chi connectivity index (χ0v) is 15.0. The van der Waals surface area contributed by atoms with Gasteiger partial charge < -0.3 is 20.4 Å². The quantitative estimate of drug-likeness (QED) is 0.299. The Balaban J connectivity index is 1.73. The molecule has 142 valence electrons. The molecule has 0 aromatic carbocycles. The smallest absolute Gasteiger partial charge is 0.352 e. The summed E-state index contributed by atoms with van der Waals surface area (Å²) in [5.74, 6) is -3.44. The number of carbonyl (C=O) groups is 4. The van der Waals surface area contributed by atoms with Gasteiger partial charge in [0.25, 0.3) is 11.8 Å². The van der Waals surface area contributed by atoms with Gasteiger partial charge in [-0.1, -0.05) is 5.16 Å². The number of oxime groups is 1. The van der Waals surface area contributed by atoms with E-state index in [9.17, 15) is 19.2 Å². The van der Waals surface area contributed by atoms with Crippen molar-refractivity contribution in [2.75, 3.05) is 12.4 Å². The zero-order valence-electron chi connectivity index (χ0n) is 13.4. The summed E-state index contributed by atoms with van der Waals surface area (Å²) in [4.78, 5) is 56.2. The summed E-state index contributed by atoms with van der Waals surface area (Å²) in [7, 11) is 0. The third-order valence-electron chi connectivity index (χ3n) is 3.59. The summed E-state index contributed by atoms with van der Waals surface area (Å²) in [6.07, 6.45) is 1.43. The van der Waals surface area contributed by atoms with E-state index in [2.05, 4.69) is 20.3 Å². The number of β-lactam (4-membered cyclic amide) rings is 1. The first-order valence-corrected chi connectivity index (χ1v) is 9.38. The molecule has 3 rings (SSSR count). The van der Waals surface area contributed by atoms with Gasteiger partial charge in [-0.2, -0.15) is 0 Å². The Morgan fingerprint density at radius 1 is 1.41 bits per heavy atom. The predicted molar refractivity (Wildman–Crippen MR) is 93.0 cm³/mol. The van der Waals surface area contributed by atoms with Gasteiger partial charge in [0.2, 0.25) is 6.61 Å². The van der Waals surface area contributed by atoms with Gasteiger partial charge in [0.15, 0.2) is 5.71 Å². The van der Waals surface area contributed by atoms with Crippen molar-refractivity contribution in [2.45, 2.75) is 11.4 Å². The monoisotopic (exact) mass is 412 g/mol. The third-order valence-corrected chi connectivity index (χ3v) is 5.36. The van der Waals surface area contributed by atoms with Crippen molar-refractivity contribution in [2.24, 2.45) is 5.16 Å². The van der Waals surface area contributed by atoms with E-state index in [1.165, 1.54) is 40.1 Å². The largest absolute Gasteiger partial charge is 0.479 e. The number of carboxylic acids is 2. The topological polar surface area (TPSA) is 158 Å². The first-order valence-electron chi connectivity index (χ1n) is 7.39. The van der Waals surface area contributed by atoms with Gasteiger partial charge in [-0.05, 0) is 6.08 Å². The number of thioether (sulfide) groups is 1. The number of nitrogens with one attached hydrogen (secondary N) is 1. The first kappa shape index (κ1) is 18.8. The van der Waals surface area contributed by atoms with E-state index in [0.717, 1.165) is 4.90 Å². The molecule has 2 amide bonds. The maximum atomic E-state index is 12.5. The molecule has 3 heterocycles. The van der Waals surface area contributed by atoms with E-state index < -0.39 is 41.8 Å². The normalized spacial score (nSPS) is 21.6. The second-order valence-corrected chi connectivity index (χ2v) is 7.13. The Morgan fingerprint density at radius 3 is 2.81 bits per heavy atom. The molecule has 1 fully saturated rings.